The summed E-state index contributed by atoms with van der Waals surface area (Å²) >= 11 is 0. The second kappa shape index (κ2) is 14.3. The zero-order valence-electron chi connectivity index (χ0n) is 14.7. The van der Waals surface area contributed by atoms with Crippen molar-refractivity contribution in [1.29, 1.82) is 0 Å². The zero-order chi connectivity index (χ0) is 16.7. The third-order valence-corrected chi connectivity index (χ3v) is 3.19. The number of aliphatic hydroxyl groups is 2. The lowest BCUT2D eigenvalue weighted by molar-refractivity contribution is -0.127. The van der Waals surface area contributed by atoms with E-state index in [0.717, 1.165) is 25.7 Å². The summed E-state index contributed by atoms with van der Waals surface area (Å²) in [7, 11) is 0. The molecule has 0 atom stereocenters. The largest absolute Gasteiger partial charge is 0.396 e. The Labute approximate surface area is 132 Å². The number of hydrogen-bond acceptors (Lipinski definition) is 3. The molecular formula is C17H39NO3. The summed E-state index contributed by atoms with van der Waals surface area (Å²) < 4.78 is 0. The van der Waals surface area contributed by atoms with E-state index < -0.39 is 0 Å². The van der Waals surface area contributed by atoms with Crippen LogP contribution in [-0.2, 0) is 4.79 Å². The highest BCUT2D eigenvalue weighted by molar-refractivity contribution is 5.79. The molecule has 0 aliphatic heterocycles. The van der Waals surface area contributed by atoms with E-state index in [1.807, 2.05) is 13.8 Å². The van der Waals surface area contributed by atoms with Gasteiger partial charge in [-0.2, -0.15) is 0 Å². The predicted octanol–water partition coefficient (Wildman–Crippen LogP) is 3.36. The van der Waals surface area contributed by atoms with Gasteiger partial charge in [0.25, 0.3) is 0 Å². The number of aliphatic hydroxyl groups excluding tert-OH is 2. The molecule has 1 aliphatic rings. The zero-order valence-corrected chi connectivity index (χ0v) is 14.7. The molecule has 0 radical (unpaired) electrons. The predicted molar refractivity (Wildman–Crippen MR) is 91.3 cm³/mol. The van der Waals surface area contributed by atoms with Crippen LogP contribution < -0.4 is 5.32 Å². The first-order chi connectivity index (χ1) is 9.90. The normalized spacial score (nSPS) is 14.0. The Bertz CT molecular complexity index is 239. The quantitative estimate of drug-likeness (QED) is 0.659. The van der Waals surface area contributed by atoms with Crippen LogP contribution in [0.25, 0.3) is 0 Å². The van der Waals surface area contributed by atoms with Gasteiger partial charge in [0, 0.05) is 27.1 Å². The molecule has 0 aromatic carbocycles. The van der Waals surface area contributed by atoms with E-state index >= 15 is 0 Å². The Morgan fingerprint density at radius 1 is 1.14 bits per heavy atom. The first kappa shape index (κ1) is 22.7. The first-order valence-corrected chi connectivity index (χ1v) is 8.40. The summed E-state index contributed by atoms with van der Waals surface area (Å²) in [5.74, 6) is 0.443. The van der Waals surface area contributed by atoms with E-state index in [-0.39, 0.29) is 19.9 Å². The topological polar surface area (TPSA) is 69.6 Å². The van der Waals surface area contributed by atoms with Crippen molar-refractivity contribution in [3.8, 4) is 0 Å². The molecule has 130 valence electrons. The van der Waals surface area contributed by atoms with Gasteiger partial charge in [0.05, 0.1) is 0 Å². The average molecular weight is 306 g/mol. The highest BCUT2D eigenvalue weighted by atomic mass is 16.3. The van der Waals surface area contributed by atoms with E-state index in [9.17, 15) is 4.79 Å². The molecule has 0 unspecified atom stereocenters. The van der Waals surface area contributed by atoms with Crippen LogP contribution in [0.1, 0.15) is 74.6 Å². The Morgan fingerprint density at radius 3 is 1.95 bits per heavy atom. The lowest BCUT2D eigenvalue weighted by Gasteiger charge is -2.23. The van der Waals surface area contributed by atoms with E-state index in [0.29, 0.717) is 25.0 Å². The molecule has 1 saturated carbocycles. The van der Waals surface area contributed by atoms with Crippen LogP contribution in [0.15, 0.2) is 0 Å². The number of carbonyl (C=O) groups excluding carboxylic acids is 1. The van der Waals surface area contributed by atoms with Gasteiger partial charge >= 0.3 is 0 Å². The Morgan fingerprint density at radius 2 is 1.67 bits per heavy atom. The monoisotopic (exact) mass is 305 g/mol. The first-order valence-electron chi connectivity index (χ1n) is 8.40. The minimum atomic E-state index is 0. The van der Waals surface area contributed by atoms with E-state index in [1.165, 1.54) is 6.42 Å². The van der Waals surface area contributed by atoms with Crippen LogP contribution in [-0.4, -0.2) is 35.9 Å². The van der Waals surface area contributed by atoms with Crippen LogP contribution >= 0.6 is 0 Å². The fourth-order valence-electron chi connectivity index (χ4n) is 1.71. The van der Waals surface area contributed by atoms with Gasteiger partial charge in [0.1, 0.15) is 0 Å². The fraction of sp³-hybridized carbons (Fsp3) is 0.941. The lowest BCUT2D eigenvalue weighted by atomic mass is 9.85. The summed E-state index contributed by atoms with van der Waals surface area (Å²) in [5, 5.41) is 19.7. The molecule has 0 aromatic heterocycles. The summed E-state index contributed by atoms with van der Waals surface area (Å²) in [4.78, 5) is 11.1. The molecule has 0 heterocycles. The van der Waals surface area contributed by atoms with Gasteiger partial charge in [-0.3, -0.25) is 4.79 Å². The molecule has 0 spiro atoms. The fourth-order valence-corrected chi connectivity index (χ4v) is 1.71. The minimum Gasteiger partial charge on any atom is -0.396 e. The van der Waals surface area contributed by atoms with Crippen molar-refractivity contribution in [2.24, 2.45) is 11.3 Å². The van der Waals surface area contributed by atoms with Crippen molar-refractivity contribution in [1.82, 2.24) is 5.32 Å². The molecule has 4 nitrogen and oxygen atoms in total. The molecule has 1 fully saturated rings. The van der Waals surface area contributed by atoms with Crippen molar-refractivity contribution >= 4 is 5.91 Å². The maximum atomic E-state index is 11.1. The Kier molecular flexibility index (Phi) is 15.5. The number of rotatable bonds is 6. The van der Waals surface area contributed by atoms with Gasteiger partial charge in [-0.05, 0) is 37.5 Å². The van der Waals surface area contributed by atoms with E-state index in [1.54, 1.807) is 0 Å². The lowest BCUT2D eigenvalue weighted by Crippen LogP contribution is -2.35. The molecule has 0 saturated heterocycles. The molecule has 3 N–H and O–H groups in total. The molecule has 1 aliphatic carbocycles. The van der Waals surface area contributed by atoms with Gasteiger partial charge in [-0.25, -0.2) is 0 Å². The number of hydrogen-bond donors (Lipinski definition) is 3. The summed E-state index contributed by atoms with van der Waals surface area (Å²) in [6, 6.07) is 0. The maximum absolute atomic E-state index is 11.1. The molecule has 0 bridgehead atoms. The van der Waals surface area contributed by atoms with Gasteiger partial charge in [0.2, 0.25) is 5.91 Å². The van der Waals surface area contributed by atoms with Crippen molar-refractivity contribution in [2.45, 2.75) is 73.1 Å². The smallest absolute Gasteiger partial charge is 0.223 e. The highest BCUT2D eigenvalue weighted by Crippen LogP contribution is 2.25. The Hall–Kier alpha value is -0.610. The van der Waals surface area contributed by atoms with Crippen molar-refractivity contribution in [3.05, 3.63) is 0 Å². The number of nitrogens with one attached hydrogen (secondary N) is 1. The summed E-state index contributed by atoms with van der Waals surface area (Å²) in [6.07, 6.45) is 6.00. The number of amides is 1. The van der Waals surface area contributed by atoms with Crippen LogP contribution in [0, 0.1) is 11.3 Å². The second-order valence-electron chi connectivity index (χ2n) is 6.38. The average Bonchev–Trinajstić information content (AvgIpc) is 2.37. The summed E-state index contributed by atoms with van der Waals surface area (Å²) in [6.45, 7) is 11.7. The SMILES string of the molecule is CC.CC(C)(C)CCCO.O=C(NCCCO)C1CCC1.[HH]. The van der Waals surface area contributed by atoms with Crippen LogP contribution in [0.4, 0.5) is 0 Å². The van der Waals surface area contributed by atoms with Gasteiger partial charge in [-0.15, -0.1) is 0 Å². The number of carbonyl (C=O) groups is 1. The third-order valence-electron chi connectivity index (χ3n) is 3.19. The van der Waals surface area contributed by atoms with Crippen molar-refractivity contribution < 1.29 is 16.4 Å². The maximum Gasteiger partial charge on any atom is 0.223 e. The molecule has 21 heavy (non-hydrogen) atoms. The molecule has 1 rings (SSSR count). The van der Waals surface area contributed by atoms with Gasteiger partial charge in [0.15, 0.2) is 0 Å². The van der Waals surface area contributed by atoms with Gasteiger partial charge in [-0.1, -0.05) is 41.0 Å². The Balaban J connectivity index is -0.000000294. The van der Waals surface area contributed by atoms with Crippen LogP contribution in [0.5, 0.6) is 0 Å². The van der Waals surface area contributed by atoms with Crippen LogP contribution in [0.3, 0.4) is 0 Å². The summed E-state index contributed by atoms with van der Waals surface area (Å²) in [5.41, 5.74) is 0.392. The van der Waals surface area contributed by atoms with E-state index in [4.69, 9.17) is 10.2 Å². The molecule has 4 heteroatoms. The molecule has 0 aromatic rings. The van der Waals surface area contributed by atoms with Gasteiger partial charge < -0.3 is 15.5 Å². The third kappa shape index (κ3) is 15.6. The highest BCUT2D eigenvalue weighted by Gasteiger charge is 2.24. The standard InChI is InChI=1S/C8H15NO2.C7H16O.C2H6.H2/c10-6-2-5-9-8(11)7-3-1-4-7;1-7(2,3)5-4-6-8;1-2;/h7,10H,1-6H2,(H,9,11);8H,4-6H2,1-3H3;1-2H3;1H. The minimum absolute atomic E-state index is 0. The van der Waals surface area contributed by atoms with Crippen LogP contribution in [0.2, 0.25) is 0 Å². The molecular weight excluding hydrogens is 266 g/mol. The van der Waals surface area contributed by atoms with Crippen molar-refractivity contribution in [2.75, 3.05) is 19.8 Å². The van der Waals surface area contributed by atoms with Crippen molar-refractivity contribution in [3.63, 3.8) is 0 Å². The second-order valence-corrected chi connectivity index (χ2v) is 6.38. The molecule has 1 amide bonds. The van der Waals surface area contributed by atoms with E-state index in [2.05, 4.69) is 26.1 Å².